The summed E-state index contributed by atoms with van der Waals surface area (Å²) in [7, 11) is 0. The number of aliphatic carboxylic acids is 1. The Morgan fingerprint density at radius 2 is 2.20 bits per heavy atom. The van der Waals surface area contributed by atoms with Gasteiger partial charge in [-0.1, -0.05) is 36.3 Å². The van der Waals surface area contributed by atoms with E-state index in [4.69, 9.17) is 28.0 Å². The average molecular weight is 355 g/mol. The first-order valence-electron chi connectivity index (χ1n) is 15.5. The van der Waals surface area contributed by atoms with Gasteiger partial charge in [-0.25, -0.2) is 0 Å². The number of benzene rings is 2. The average Bonchev–Trinajstić information content (AvgIpc) is 2.99. The number of carboxylic acids is 1. The summed E-state index contributed by atoms with van der Waals surface area (Å²) in [4.78, 5) is 11.4. The lowest BCUT2D eigenvalue weighted by atomic mass is 9.92. The van der Waals surface area contributed by atoms with Gasteiger partial charge in [0.15, 0.2) is 0 Å². The maximum Gasteiger partial charge on any atom is 0.307 e. The van der Waals surface area contributed by atoms with E-state index in [0.29, 0.717) is 0 Å². The van der Waals surface area contributed by atoms with Crippen LogP contribution >= 0.6 is 0 Å². The van der Waals surface area contributed by atoms with Crippen LogP contribution in [0.4, 0.5) is 0 Å². The molecule has 0 amide bonds. The molecule has 2 aromatic carbocycles. The van der Waals surface area contributed by atoms with Crippen LogP contribution in [-0.4, -0.2) is 36.4 Å². The molecule has 1 heterocycles. The quantitative estimate of drug-likeness (QED) is 0.891. The van der Waals surface area contributed by atoms with Gasteiger partial charge in [0.25, 0.3) is 0 Å². The van der Waals surface area contributed by atoms with Crippen molar-refractivity contribution in [3.63, 3.8) is 0 Å². The Labute approximate surface area is 172 Å². The Bertz CT molecular complexity index is 1480. The van der Waals surface area contributed by atoms with Crippen molar-refractivity contribution in [3.05, 3.63) is 70.6 Å². The van der Waals surface area contributed by atoms with Crippen molar-refractivity contribution >= 4 is 11.5 Å². The van der Waals surface area contributed by atoms with E-state index in [0.717, 1.165) is 6.08 Å². The topological polar surface area (TPSA) is 49.8 Å². The number of hydrogen-bond donors (Lipinski definition) is 1. The van der Waals surface area contributed by atoms with Gasteiger partial charge in [-0.15, -0.1) is 0 Å². The summed E-state index contributed by atoms with van der Waals surface area (Å²) in [5.41, 5.74) is -2.93. The van der Waals surface area contributed by atoms with Gasteiger partial charge in [-0.2, -0.15) is 0 Å². The van der Waals surface area contributed by atoms with Crippen molar-refractivity contribution < 1.29 is 37.9 Å². The molecule has 0 radical (unpaired) electrons. The van der Waals surface area contributed by atoms with Gasteiger partial charge in [0.1, 0.15) is 12.4 Å². The molecule has 0 unspecified atom stereocenters. The molecule has 130 valence electrons. The molecule has 0 fully saturated rings. The molecule has 1 aliphatic heterocycles. The molecular weight excluding hydrogens is 314 g/mol. The van der Waals surface area contributed by atoms with Crippen molar-refractivity contribution in [1.29, 1.82) is 0 Å². The molecule has 0 aliphatic carbocycles. The summed E-state index contributed by atoms with van der Waals surface area (Å²) in [6.07, 6.45) is -3.70. The number of carbonyl (C=O) groups is 1. The normalized spacial score (nSPS) is 26.6. The summed E-state index contributed by atoms with van der Waals surface area (Å²) >= 11 is 0. The predicted molar refractivity (Wildman–Crippen MR) is 98.8 cm³/mol. The smallest absolute Gasteiger partial charge is 0.307 e. The van der Waals surface area contributed by atoms with Crippen LogP contribution in [0.5, 0.6) is 5.75 Å². The van der Waals surface area contributed by atoms with Crippen molar-refractivity contribution in [3.8, 4) is 5.75 Å². The zero-order chi connectivity index (χ0) is 32.5. The molecule has 0 bridgehead atoms. The van der Waals surface area contributed by atoms with Crippen LogP contribution in [0.25, 0.3) is 5.57 Å². The fourth-order valence-corrected chi connectivity index (χ4v) is 2.25. The molecule has 0 saturated carbocycles. The summed E-state index contributed by atoms with van der Waals surface area (Å²) in [5.74, 6) is -2.74. The lowest BCUT2D eigenvalue weighted by Gasteiger charge is -2.13. The van der Waals surface area contributed by atoms with E-state index in [1.54, 1.807) is 0 Å². The monoisotopic (exact) mass is 354 g/mol. The highest BCUT2D eigenvalue weighted by Crippen LogP contribution is 2.37. The first-order valence-corrected chi connectivity index (χ1v) is 7.00. The lowest BCUT2D eigenvalue weighted by molar-refractivity contribution is -0.136. The van der Waals surface area contributed by atoms with Gasteiger partial charge in [0.2, 0.25) is 0 Å². The highest BCUT2D eigenvalue weighted by Gasteiger charge is 2.19. The second kappa shape index (κ2) is 7.53. The van der Waals surface area contributed by atoms with E-state index in [9.17, 15) is 9.90 Å². The molecule has 1 aliphatic rings. The van der Waals surface area contributed by atoms with E-state index >= 15 is 0 Å². The van der Waals surface area contributed by atoms with E-state index in [-0.39, 0.29) is 10.5 Å². The Kier molecular flexibility index (Phi) is 1.80. The fraction of sp³-hybridized carbons (Fsp3) is 0.286. The summed E-state index contributed by atoms with van der Waals surface area (Å²) < 4.78 is 142. The maximum atomic E-state index is 11.7. The fourth-order valence-electron chi connectivity index (χ4n) is 2.25. The molecule has 2 aromatic rings. The number of fused-ring (bicyclic) bond motifs is 2. The van der Waals surface area contributed by atoms with E-state index in [1.807, 2.05) is 0 Å². The Balaban J connectivity index is 2.52. The van der Waals surface area contributed by atoms with Crippen LogP contribution in [0.1, 0.15) is 52.0 Å². The van der Waals surface area contributed by atoms with Crippen molar-refractivity contribution in [2.45, 2.75) is 19.4 Å². The molecule has 0 atom stereocenters. The van der Waals surface area contributed by atoms with Crippen LogP contribution in [-0.2, 0) is 17.8 Å². The van der Waals surface area contributed by atoms with Crippen molar-refractivity contribution in [2.75, 3.05) is 20.4 Å². The predicted octanol–water partition coefficient (Wildman–Crippen LogP) is 3.59. The van der Waals surface area contributed by atoms with Crippen LogP contribution in [0.15, 0.2) is 48.4 Å². The summed E-state index contributed by atoms with van der Waals surface area (Å²) in [5, 5.41) is 9.48. The van der Waals surface area contributed by atoms with Crippen molar-refractivity contribution in [1.82, 2.24) is 4.90 Å². The van der Waals surface area contributed by atoms with Gasteiger partial charge < -0.3 is 14.7 Å². The van der Waals surface area contributed by atoms with E-state index < -0.39 is 116 Å². The zero-order valence-electron chi connectivity index (χ0n) is 29.7. The number of ether oxygens (including phenoxy) is 1. The Morgan fingerprint density at radius 3 is 3.00 bits per heavy atom. The molecule has 25 heavy (non-hydrogen) atoms. The minimum Gasteiger partial charge on any atom is -0.488 e. The minimum atomic E-state index is -3.49. The van der Waals surface area contributed by atoms with Crippen LogP contribution in [0.3, 0.4) is 0 Å². The van der Waals surface area contributed by atoms with Crippen LogP contribution < -0.4 is 4.74 Å². The van der Waals surface area contributed by atoms with Gasteiger partial charge in [0.05, 0.1) is 16.0 Å². The summed E-state index contributed by atoms with van der Waals surface area (Å²) in [6.45, 7) is -10.8. The molecule has 0 aromatic heterocycles. The number of nitrogens with zero attached hydrogens (tertiary/aromatic N) is 1. The SMILES string of the molecule is [2H]c1c([2H])c([2H])c2c(c1[2H])COc1c([2H])c([2H])c(C([2H])([2H])C(=O)O)c([2H])c1/C2=C\CC([2H])([2H])N(C([2H])([2H])[2H])C([2H])([2H])[2H]. The third-order valence-corrected chi connectivity index (χ3v) is 3.23. The first-order chi connectivity index (χ1) is 18.9. The van der Waals surface area contributed by atoms with E-state index in [1.165, 1.54) is 0 Å². The van der Waals surface area contributed by atoms with Gasteiger partial charge in [0, 0.05) is 25.8 Å². The van der Waals surface area contributed by atoms with Crippen LogP contribution in [0, 0.1) is 0 Å². The van der Waals surface area contributed by atoms with Crippen LogP contribution in [0.2, 0.25) is 0 Å². The lowest BCUT2D eigenvalue weighted by Crippen LogP contribution is -2.12. The Morgan fingerprint density at radius 1 is 1.36 bits per heavy atom. The molecular formula is C21H23NO3. The highest BCUT2D eigenvalue weighted by molar-refractivity contribution is 5.85. The largest absolute Gasteiger partial charge is 0.488 e. The summed E-state index contributed by atoms with van der Waals surface area (Å²) in [6, 6.07) is -5.87. The molecule has 1 N–H and O–H groups in total. The zero-order valence-corrected chi connectivity index (χ0v) is 12.7. The first kappa shape index (κ1) is 5.99. The third-order valence-electron chi connectivity index (χ3n) is 3.23. The minimum absolute atomic E-state index is 0.263. The number of rotatable bonds is 5. The standard InChI is InChI=1S/C21H23NO3/c1-22(2)11-5-8-18-17-7-4-3-6-16(17)14-25-20-10-9-15(12-19(18)20)13-21(23)24/h3-4,6-10,12H,5,11,13-14H2,1-2H3,(H,23,24)/b18-8-/i1D3,2D3,3D,4D,6D,7D,9D,10D,11D2,12D,13D2. The highest BCUT2D eigenvalue weighted by atomic mass is 16.5. The third kappa shape index (κ3) is 4.09. The molecule has 4 heteroatoms. The second-order valence-electron chi connectivity index (χ2n) is 4.84. The molecule has 0 spiro atoms. The molecule has 4 nitrogen and oxygen atoms in total. The number of hydrogen-bond acceptors (Lipinski definition) is 3. The molecule has 0 saturated heterocycles. The maximum absolute atomic E-state index is 11.7. The molecule has 3 rings (SSSR count). The van der Waals surface area contributed by atoms with Gasteiger partial charge in [-0.05, 0) is 54.7 Å². The second-order valence-corrected chi connectivity index (χ2v) is 4.84. The van der Waals surface area contributed by atoms with Gasteiger partial charge in [-0.3, -0.25) is 4.79 Å². The Hall–Kier alpha value is -2.59. The van der Waals surface area contributed by atoms with E-state index in [2.05, 4.69) is 0 Å². The van der Waals surface area contributed by atoms with Crippen molar-refractivity contribution in [2.24, 2.45) is 0 Å². The van der Waals surface area contributed by atoms with Gasteiger partial charge >= 0.3 is 5.97 Å². The number of carboxylic acid groups (broad SMARTS) is 1.